The zero-order valence-corrected chi connectivity index (χ0v) is 17.8. The smallest absolute Gasteiger partial charge is 0.374 e. The number of furan rings is 1. The van der Waals surface area contributed by atoms with Gasteiger partial charge in [0.05, 0.1) is 12.4 Å². The molecule has 0 bridgehead atoms. The first kappa shape index (κ1) is 19.8. The predicted octanol–water partition coefficient (Wildman–Crippen LogP) is 4.33. The van der Waals surface area contributed by atoms with Crippen molar-refractivity contribution in [2.75, 3.05) is 0 Å². The molecule has 5 nitrogen and oxygen atoms in total. The fourth-order valence-electron chi connectivity index (χ4n) is 7.47. The lowest BCUT2D eigenvalue weighted by Crippen LogP contribution is -2.57. The number of fused-ring (bicyclic) bond motifs is 5. The van der Waals surface area contributed by atoms with E-state index in [4.69, 9.17) is 9.15 Å². The molecular weight excluding hydrogens is 380 g/mol. The Labute approximate surface area is 177 Å². The summed E-state index contributed by atoms with van der Waals surface area (Å²) in [5, 5.41) is 11.4. The molecular formula is C25H30O5. The minimum absolute atomic E-state index is 0.0513. The lowest BCUT2D eigenvalue weighted by atomic mass is 9.47. The van der Waals surface area contributed by atoms with Crippen LogP contribution in [0.4, 0.5) is 0 Å². The highest BCUT2D eigenvalue weighted by atomic mass is 16.6. The summed E-state index contributed by atoms with van der Waals surface area (Å²) in [5.41, 5.74) is 0.614. The van der Waals surface area contributed by atoms with Gasteiger partial charge in [0.15, 0.2) is 5.78 Å². The molecule has 0 amide bonds. The van der Waals surface area contributed by atoms with Crippen LogP contribution in [0.25, 0.3) is 0 Å². The van der Waals surface area contributed by atoms with Gasteiger partial charge in [-0.3, -0.25) is 4.79 Å². The number of ketones is 1. The second kappa shape index (κ2) is 6.68. The van der Waals surface area contributed by atoms with E-state index >= 15 is 0 Å². The number of hydrogen-bond donors (Lipinski definition) is 1. The quantitative estimate of drug-likeness (QED) is 0.735. The van der Waals surface area contributed by atoms with Gasteiger partial charge in [-0.25, -0.2) is 4.79 Å². The first-order valence-electron chi connectivity index (χ1n) is 11.1. The third-order valence-electron chi connectivity index (χ3n) is 8.68. The zero-order chi connectivity index (χ0) is 21.3. The third-order valence-corrected chi connectivity index (χ3v) is 8.68. The summed E-state index contributed by atoms with van der Waals surface area (Å²) in [6.07, 6.45) is 9.64. The first-order chi connectivity index (χ1) is 14.2. The summed E-state index contributed by atoms with van der Waals surface area (Å²) in [4.78, 5) is 24.6. The van der Waals surface area contributed by atoms with Crippen molar-refractivity contribution < 1.29 is 23.8 Å². The largest absolute Gasteiger partial charge is 0.457 e. The lowest BCUT2D eigenvalue weighted by Gasteiger charge is -2.58. The maximum atomic E-state index is 12.6. The monoisotopic (exact) mass is 410 g/mol. The molecule has 0 spiro atoms. The van der Waals surface area contributed by atoms with E-state index in [1.807, 2.05) is 6.08 Å². The number of esters is 1. The Balaban J connectivity index is 1.46. The summed E-state index contributed by atoms with van der Waals surface area (Å²) in [6, 6.07) is 3.31. The number of carbonyl (C=O) groups is 2. The van der Waals surface area contributed by atoms with E-state index in [-0.39, 0.29) is 40.3 Å². The third kappa shape index (κ3) is 2.71. The summed E-state index contributed by atoms with van der Waals surface area (Å²) in [7, 11) is 0. The molecule has 4 aliphatic carbocycles. The molecule has 0 aliphatic heterocycles. The molecule has 160 valence electrons. The average Bonchev–Trinajstić information content (AvgIpc) is 3.30. The number of aliphatic hydroxyl groups excluding tert-OH is 1. The van der Waals surface area contributed by atoms with E-state index in [9.17, 15) is 14.7 Å². The second-order valence-electron chi connectivity index (χ2n) is 10.3. The molecule has 4 aliphatic rings. The maximum absolute atomic E-state index is 12.6. The van der Waals surface area contributed by atoms with Crippen molar-refractivity contribution in [3.63, 3.8) is 0 Å². The molecule has 5 heteroatoms. The van der Waals surface area contributed by atoms with Gasteiger partial charge >= 0.3 is 5.97 Å². The van der Waals surface area contributed by atoms with E-state index in [1.165, 1.54) is 6.26 Å². The molecule has 1 aromatic rings. The predicted molar refractivity (Wildman–Crippen MR) is 110 cm³/mol. The minimum Gasteiger partial charge on any atom is -0.457 e. The van der Waals surface area contributed by atoms with Crippen LogP contribution >= 0.6 is 0 Å². The molecule has 3 saturated carbocycles. The van der Waals surface area contributed by atoms with Gasteiger partial charge in [0.2, 0.25) is 5.76 Å². The van der Waals surface area contributed by atoms with E-state index in [0.29, 0.717) is 18.3 Å². The zero-order valence-electron chi connectivity index (χ0n) is 17.8. The van der Waals surface area contributed by atoms with Crippen molar-refractivity contribution in [2.24, 2.45) is 34.5 Å². The van der Waals surface area contributed by atoms with Crippen LogP contribution in [-0.4, -0.2) is 29.1 Å². The van der Waals surface area contributed by atoms with Crippen molar-refractivity contribution in [1.82, 2.24) is 0 Å². The first-order valence-corrected chi connectivity index (χ1v) is 11.1. The molecule has 3 unspecified atom stereocenters. The Kier molecular flexibility index (Phi) is 4.41. The van der Waals surface area contributed by atoms with Crippen LogP contribution < -0.4 is 0 Å². The van der Waals surface area contributed by atoms with Gasteiger partial charge in [0.25, 0.3) is 0 Å². The fourth-order valence-corrected chi connectivity index (χ4v) is 7.47. The topological polar surface area (TPSA) is 76.7 Å². The lowest BCUT2D eigenvalue weighted by molar-refractivity contribution is -0.133. The van der Waals surface area contributed by atoms with Gasteiger partial charge in [-0.1, -0.05) is 32.4 Å². The van der Waals surface area contributed by atoms with Crippen LogP contribution in [-0.2, 0) is 9.53 Å². The van der Waals surface area contributed by atoms with Crippen molar-refractivity contribution in [3.05, 3.63) is 48.0 Å². The van der Waals surface area contributed by atoms with Crippen LogP contribution in [0, 0.1) is 34.5 Å². The molecule has 1 N–H and O–H groups in total. The Morgan fingerprint density at radius 2 is 2.13 bits per heavy atom. The van der Waals surface area contributed by atoms with Crippen molar-refractivity contribution in [3.8, 4) is 0 Å². The van der Waals surface area contributed by atoms with Gasteiger partial charge in [0, 0.05) is 16.7 Å². The standard InChI is InChI=1S/C25H30O5/c1-14-11-18-17-7-6-15-12-16(26)8-9-24(15,2)21(17)19(27)13-25(18,3)22(14)30-23(28)20-5-4-10-29-20/h4-5,8-10,12,14,17-19,21-22,27H,6-7,11,13H2,1-3H3/t14?,17-,18-,19?,21+,22?,24-,25-/m0/s1. The molecule has 0 saturated heterocycles. The number of aliphatic hydroxyl groups is 1. The summed E-state index contributed by atoms with van der Waals surface area (Å²) in [5.74, 6) is 0.874. The Morgan fingerprint density at radius 1 is 1.33 bits per heavy atom. The van der Waals surface area contributed by atoms with Gasteiger partial charge in [-0.15, -0.1) is 0 Å². The van der Waals surface area contributed by atoms with E-state index in [2.05, 4.69) is 20.8 Å². The number of carbonyl (C=O) groups excluding carboxylic acids is 2. The minimum atomic E-state index is -0.502. The normalized spacial score (nSPS) is 44.7. The van der Waals surface area contributed by atoms with E-state index in [0.717, 1.165) is 24.8 Å². The molecule has 1 heterocycles. The molecule has 30 heavy (non-hydrogen) atoms. The Morgan fingerprint density at radius 3 is 2.87 bits per heavy atom. The summed E-state index contributed by atoms with van der Waals surface area (Å²) in [6.45, 7) is 6.52. The van der Waals surface area contributed by atoms with Crippen LogP contribution in [0.3, 0.4) is 0 Å². The number of ether oxygens (including phenoxy) is 1. The van der Waals surface area contributed by atoms with Crippen molar-refractivity contribution >= 4 is 11.8 Å². The molecule has 3 fully saturated rings. The molecule has 0 aromatic carbocycles. The van der Waals surface area contributed by atoms with Crippen LogP contribution in [0.2, 0.25) is 0 Å². The maximum Gasteiger partial charge on any atom is 0.374 e. The number of rotatable bonds is 2. The van der Waals surface area contributed by atoms with Gasteiger partial charge in [0.1, 0.15) is 6.10 Å². The molecule has 5 rings (SSSR count). The highest BCUT2D eigenvalue weighted by Gasteiger charge is 2.64. The highest BCUT2D eigenvalue weighted by Crippen LogP contribution is 2.65. The highest BCUT2D eigenvalue weighted by molar-refractivity contribution is 6.01. The SMILES string of the molecule is CC1C[C@H]2[C@@H]3CCC4=CC(=O)C=C[C@]4(C)[C@H]3C(O)C[C@]2(C)C1OC(=O)c1ccco1. The fraction of sp³-hybridized carbons (Fsp3) is 0.600. The summed E-state index contributed by atoms with van der Waals surface area (Å²) < 4.78 is 11.2. The molecule has 8 atom stereocenters. The average molecular weight is 411 g/mol. The molecule has 1 aromatic heterocycles. The van der Waals surface area contributed by atoms with Gasteiger partial charge < -0.3 is 14.3 Å². The van der Waals surface area contributed by atoms with E-state index < -0.39 is 12.1 Å². The van der Waals surface area contributed by atoms with Gasteiger partial charge in [-0.05, 0) is 67.7 Å². The second-order valence-corrected chi connectivity index (χ2v) is 10.3. The Hall–Kier alpha value is -2.14. The van der Waals surface area contributed by atoms with E-state index in [1.54, 1.807) is 24.3 Å². The molecule has 0 radical (unpaired) electrons. The Bertz CT molecular complexity index is 927. The van der Waals surface area contributed by atoms with Crippen LogP contribution in [0.15, 0.2) is 46.6 Å². The van der Waals surface area contributed by atoms with Gasteiger partial charge in [-0.2, -0.15) is 0 Å². The summed E-state index contributed by atoms with van der Waals surface area (Å²) >= 11 is 0. The van der Waals surface area contributed by atoms with Crippen molar-refractivity contribution in [1.29, 1.82) is 0 Å². The van der Waals surface area contributed by atoms with Crippen LogP contribution in [0.1, 0.15) is 57.0 Å². The van der Waals surface area contributed by atoms with Crippen molar-refractivity contribution in [2.45, 2.75) is 58.7 Å². The number of allylic oxidation sites excluding steroid dienone is 4. The number of hydrogen-bond acceptors (Lipinski definition) is 5. The van der Waals surface area contributed by atoms with Crippen LogP contribution in [0.5, 0.6) is 0 Å².